The van der Waals surface area contributed by atoms with Crippen molar-refractivity contribution in [2.24, 2.45) is 11.8 Å². The number of nitrogens with zero attached hydrogens (tertiary/aromatic N) is 1. The van der Waals surface area contributed by atoms with Gasteiger partial charge in [0.2, 0.25) is 6.29 Å². The Balaban J connectivity index is 1.90. The third-order valence-electron chi connectivity index (χ3n) is 6.09. The molecule has 0 amide bonds. The lowest BCUT2D eigenvalue weighted by Gasteiger charge is -2.42. The Bertz CT molecular complexity index is 1040. The van der Waals surface area contributed by atoms with E-state index >= 15 is 0 Å². The fourth-order valence-electron chi connectivity index (χ4n) is 4.07. The number of aliphatic hydroxyl groups is 4. The van der Waals surface area contributed by atoms with E-state index in [1.54, 1.807) is 16.8 Å². The molecule has 0 radical (unpaired) electrons. The van der Waals surface area contributed by atoms with E-state index in [1.807, 2.05) is 6.92 Å². The van der Waals surface area contributed by atoms with Gasteiger partial charge in [-0.15, -0.1) is 6.58 Å². The summed E-state index contributed by atoms with van der Waals surface area (Å²) in [5, 5.41) is 60.7. The van der Waals surface area contributed by atoms with E-state index in [2.05, 4.69) is 6.58 Å². The quantitative estimate of drug-likeness (QED) is 0.182. The Morgan fingerprint density at radius 1 is 1.19 bits per heavy atom. The van der Waals surface area contributed by atoms with E-state index in [1.165, 1.54) is 24.4 Å². The van der Waals surface area contributed by atoms with Gasteiger partial charge in [0.15, 0.2) is 18.7 Å². The van der Waals surface area contributed by atoms with Crippen molar-refractivity contribution in [3.8, 4) is 0 Å². The second-order valence-corrected chi connectivity index (χ2v) is 8.39. The Kier molecular flexibility index (Phi) is 8.95. The number of aromatic carboxylic acids is 1. The summed E-state index contributed by atoms with van der Waals surface area (Å²) in [7, 11) is 0. The zero-order valence-electron chi connectivity index (χ0n) is 19.4. The van der Waals surface area contributed by atoms with Crippen molar-refractivity contribution in [3.63, 3.8) is 0 Å². The smallest absolute Gasteiger partial charge is 0.335 e. The zero-order valence-corrected chi connectivity index (χ0v) is 19.4. The second-order valence-electron chi connectivity index (χ2n) is 8.39. The van der Waals surface area contributed by atoms with Gasteiger partial charge < -0.3 is 49.6 Å². The lowest BCUT2D eigenvalue weighted by atomic mass is 9.83. The Morgan fingerprint density at radius 2 is 1.92 bits per heavy atom. The first-order valence-electron chi connectivity index (χ1n) is 11.2. The first-order chi connectivity index (χ1) is 17.1. The minimum atomic E-state index is -1.69. The van der Waals surface area contributed by atoms with Gasteiger partial charge in [-0.2, -0.15) is 0 Å². The number of aliphatic hydroxyl groups excluding tert-OH is 4. The van der Waals surface area contributed by atoms with Crippen molar-refractivity contribution in [3.05, 3.63) is 60.2 Å². The number of hydrogen-bond acceptors (Lipinski definition) is 10. The van der Waals surface area contributed by atoms with Crippen LogP contribution in [0, 0.1) is 11.8 Å². The van der Waals surface area contributed by atoms with Crippen molar-refractivity contribution < 1.29 is 59.0 Å². The molecule has 3 heterocycles. The summed E-state index contributed by atoms with van der Waals surface area (Å²) in [6.45, 7) is 5.39. The molecule has 8 atom stereocenters. The molecular weight excluding hydrogens is 478 g/mol. The topological polar surface area (TPSA) is 190 Å². The van der Waals surface area contributed by atoms with Crippen LogP contribution in [0.5, 0.6) is 0 Å². The Morgan fingerprint density at radius 3 is 2.50 bits per heavy atom. The summed E-state index contributed by atoms with van der Waals surface area (Å²) in [4.78, 5) is 23.2. The number of allylic oxidation sites excluding steroid dienone is 1. The summed E-state index contributed by atoms with van der Waals surface area (Å²) in [6.07, 6.45) is -0.333. The molecule has 8 unspecified atom stereocenters. The molecule has 1 fully saturated rings. The minimum absolute atomic E-state index is 0.0518. The second kappa shape index (κ2) is 11.7. The number of carbonyl (C=O) groups is 2. The maximum absolute atomic E-state index is 11.9. The highest BCUT2D eigenvalue weighted by atomic mass is 16.8. The maximum atomic E-state index is 11.9. The molecule has 1 aromatic rings. The molecular formula is C24H29NO11. The number of carbonyl (C=O) groups excluding carboxylic acids is 1. The van der Waals surface area contributed by atoms with Gasteiger partial charge in [-0.25, -0.2) is 9.36 Å². The first-order valence-corrected chi connectivity index (χ1v) is 11.2. The molecule has 2 aliphatic rings. The standard InChI is InChI=1S/C24H29NO11/c1-3-14-15(6-5-12-7-13(21(30)31)9-25(4-2)8-12)16(22(32)33)11-34-23(14)36-24-20(29)19(28)18(27)17(10-26)35-24/h3,5-9,11,14-15,17-20,23-24,26-29H,1,4,10H2,2H3,(H-,30,31,32,33). The van der Waals surface area contributed by atoms with Crippen LogP contribution in [-0.4, -0.2) is 81.1 Å². The molecule has 0 saturated carbocycles. The average molecular weight is 507 g/mol. The van der Waals surface area contributed by atoms with Crippen LogP contribution in [0.25, 0.3) is 6.08 Å². The predicted molar refractivity (Wildman–Crippen MR) is 118 cm³/mol. The molecule has 2 aliphatic heterocycles. The molecule has 1 aromatic heterocycles. The highest BCUT2D eigenvalue weighted by Gasteiger charge is 2.47. The van der Waals surface area contributed by atoms with Gasteiger partial charge in [0.25, 0.3) is 0 Å². The van der Waals surface area contributed by atoms with Crippen molar-refractivity contribution in [2.45, 2.75) is 50.5 Å². The van der Waals surface area contributed by atoms with Crippen LogP contribution in [0.1, 0.15) is 22.8 Å². The van der Waals surface area contributed by atoms with E-state index in [0.29, 0.717) is 12.1 Å². The number of rotatable bonds is 9. The molecule has 36 heavy (non-hydrogen) atoms. The van der Waals surface area contributed by atoms with E-state index in [-0.39, 0.29) is 11.1 Å². The zero-order chi connectivity index (χ0) is 26.6. The molecule has 0 bridgehead atoms. The van der Waals surface area contributed by atoms with Gasteiger partial charge in [-0.1, -0.05) is 18.2 Å². The molecule has 5 N–H and O–H groups in total. The van der Waals surface area contributed by atoms with Crippen LogP contribution in [0.4, 0.5) is 0 Å². The molecule has 0 aromatic carbocycles. The first kappa shape index (κ1) is 27.5. The lowest BCUT2D eigenvalue weighted by molar-refractivity contribution is -0.693. The van der Waals surface area contributed by atoms with Crippen molar-refractivity contribution in [1.29, 1.82) is 0 Å². The van der Waals surface area contributed by atoms with E-state index in [4.69, 9.17) is 14.2 Å². The van der Waals surface area contributed by atoms with E-state index < -0.39 is 67.4 Å². The van der Waals surface area contributed by atoms with E-state index in [9.17, 15) is 40.2 Å². The largest absolute Gasteiger partial charge is 0.545 e. The minimum Gasteiger partial charge on any atom is -0.545 e. The average Bonchev–Trinajstić information content (AvgIpc) is 2.87. The van der Waals surface area contributed by atoms with E-state index in [0.717, 1.165) is 6.26 Å². The highest BCUT2D eigenvalue weighted by molar-refractivity contribution is 5.88. The molecule has 1 saturated heterocycles. The summed E-state index contributed by atoms with van der Waals surface area (Å²) >= 11 is 0. The molecule has 196 valence electrons. The summed E-state index contributed by atoms with van der Waals surface area (Å²) < 4.78 is 18.1. The molecule has 0 spiro atoms. The highest BCUT2D eigenvalue weighted by Crippen LogP contribution is 2.36. The summed E-state index contributed by atoms with van der Waals surface area (Å²) in [5.74, 6) is -4.31. The molecule has 3 rings (SSSR count). The van der Waals surface area contributed by atoms with Crippen LogP contribution >= 0.6 is 0 Å². The molecule has 12 nitrogen and oxygen atoms in total. The fraction of sp³-hybridized carbons (Fsp3) is 0.458. The van der Waals surface area contributed by atoms with Crippen LogP contribution in [0.2, 0.25) is 0 Å². The number of pyridine rings is 1. The molecule has 0 aliphatic carbocycles. The number of aliphatic carboxylic acids is 1. The Labute approximate surface area is 206 Å². The predicted octanol–water partition coefficient (Wildman–Crippen LogP) is -2.07. The summed E-state index contributed by atoms with van der Waals surface area (Å²) in [6, 6.07) is 1.38. The number of carboxylic acids is 2. The molecule has 12 heteroatoms. The summed E-state index contributed by atoms with van der Waals surface area (Å²) in [5.41, 5.74) is 0.289. The lowest BCUT2D eigenvalue weighted by Crippen LogP contribution is -2.60. The third-order valence-corrected chi connectivity index (χ3v) is 6.09. The monoisotopic (exact) mass is 507 g/mol. The third kappa shape index (κ3) is 5.81. The van der Waals surface area contributed by atoms with Gasteiger partial charge in [-0.3, -0.25) is 0 Å². The van der Waals surface area contributed by atoms with Crippen molar-refractivity contribution >= 4 is 18.0 Å². The van der Waals surface area contributed by atoms with Crippen molar-refractivity contribution in [2.75, 3.05) is 6.61 Å². The number of ether oxygens (including phenoxy) is 3. The Hall–Kier alpha value is -3.13. The van der Waals surface area contributed by atoms with Crippen LogP contribution in [0.3, 0.4) is 0 Å². The number of aromatic nitrogens is 1. The van der Waals surface area contributed by atoms with Crippen molar-refractivity contribution in [1.82, 2.24) is 0 Å². The SMILES string of the molecule is C=CC1C(OC2OC(CO)C(O)C(O)C2O)OC=C(C(=O)O)C1C=Cc1cc(C(=O)[O-])c[n+](CC)c1. The number of hydrogen-bond donors (Lipinski definition) is 5. The van der Waals surface area contributed by atoms with Gasteiger partial charge >= 0.3 is 5.97 Å². The normalized spacial score (nSPS) is 32.5. The van der Waals surface area contributed by atoms with Crippen LogP contribution < -0.4 is 9.67 Å². The van der Waals surface area contributed by atoms with Gasteiger partial charge in [0.1, 0.15) is 31.0 Å². The van der Waals surface area contributed by atoms with Crippen LogP contribution in [0.15, 0.2) is 49.0 Å². The number of aryl methyl sites for hydroxylation is 1. The number of carboxylic acid groups (broad SMARTS) is 2. The maximum Gasteiger partial charge on any atom is 0.335 e. The van der Waals surface area contributed by atoms with Gasteiger partial charge in [0, 0.05) is 11.5 Å². The van der Waals surface area contributed by atoms with Gasteiger partial charge in [-0.05, 0) is 13.0 Å². The van der Waals surface area contributed by atoms with Gasteiger partial charge in [0.05, 0.1) is 35.9 Å². The fourth-order valence-corrected chi connectivity index (χ4v) is 4.07. The van der Waals surface area contributed by atoms with Crippen LogP contribution in [-0.2, 0) is 25.5 Å².